The average molecular weight is 281 g/mol. The van der Waals surface area contributed by atoms with Crippen molar-refractivity contribution in [3.05, 3.63) is 65.7 Å². The molecule has 0 fully saturated rings. The first-order valence-electron chi connectivity index (χ1n) is 6.46. The molecule has 0 radical (unpaired) electrons. The molecule has 1 atom stereocenters. The quantitative estimate of drug-likeness (QED) is 0.730. The van der Waals surface area contributed by atoms with Gasteiger partial charge in [0.2, 0.25) is 5.91 Å². The molecule has 0 spiro atoms. The van der Waals surface area contributed by atoms with Crippen molar-refractivity contribution in [3.63, 3.8) is 0 Å². The minimum Gasteiger partial charge on any atom is -0.508 e. The van der Waals surface area contributed by atoms with Gasteiger partial charge in [0, 0.05) is 0 Å². The SMILES string of the molecule is N#CC(NNC(=O)Cc1ccccc1)c1cccc(O)c1. The highest BCUT2D eigenvalue weighted by molar-refractivity contribution is 5.78. The first kappa shape index (κ1) is 14.6. The Hall–Kier alpha value is -2.84. The van der Waals surface area contributed by atoms with E-state index in [0.29, 0.717) is 5.56 Å². The number of nitrogens with one attached hydrogen (secondary N) is 2. The van der Waals surface area contributed by atoms with Crippen LogP contribution in [0.15, 0.2) is 54.6 Å². The first-order chi connectivity index (χ1) is 10.2. The van der Waals surface area contributed by atoms with E-state index >= 15 is 0 Å². The molecule has 0 aliphatic carbocycles. The van der Waals surface area contributed by atoms with Crippen molar-refractivity contribution < 1.29 is 9.90 Å². The van der Waals surface area contributed by atoms with Gasteiger partial charge < -0.3 is 5.11 Å². The lowest BCUT2D eigenvalue weighted by atomic mass is 10.1. The van der Waals surface area contributed by atoms with E-state index in [1.54, 1.807) is 12.1 Å². The Morgan fingerprint density at radius 2 is 1.95 bits per heavy atom. The molecular formula is C16H15N3O2. The largest absolute Gasteiger partial charge is 0.508 e. The lowest BCUT2D eigenvalue weighted by molar-refractivity contribution is -0.121. The highest BCUT2D eigenvalue weighted by Gasteiger charge is 2.12. The average Bonchev–Trinajstić information content (AvgIpc) is 2.49. The zero-order valence-electron chi connectivity index (χ0n) is 11.3. The standard InChI is InChI=1S/C16H15N3O2/c17-11-15(13-7-4-8-14(20)10-13)18-19-16(21)9-12-5-2-1-3-6-12/h1-8,10,15,18,20H,9H2,(H,19,21). The number of hydrogen-bond donors (Lipinski definition) is 3. The summed E-state index contributed by atoms with van der Waals surface area (Å²) in [7, 11) is 0. The number of amides is 1. The zero-order valence-corrected chi connectivity index (χ0v) is 11.3. The second-order valence-electron chi connectivity index (χ2n) is 4.51. The number of carbonyl (C=O) groups is 1. The van der Waals surface area contributed by atoms with Gasteiger partial charge in [0.25, 0.3) is 0 Å². The fraction of sp³-hybridized carbons (Fsp3) is 0.125. The lowest BCUT2D eigenvalue weighted by Crippen LogP contribution is -2.40. The van der Waals surface area contributed by atoms with Crippen molar-refractivity contribution in [2.24, 2.45) is 0 Å². The maximum atomic E-state index is 11.8. The number of rotatable bonds is 5. The monoisotopic (exact) mass is 281 g/mol. The molecule has 0 saturated carbocycles. The van der Waals surface area contributed by atoms with E-state index in [2.05, 4.69) is 10.9 Å². The Kier molecular flexibility index (Phi) is 4.91. The summed E-state index contributed by atoms with van der Waals surface area (Å²) in [5.74, 6) is -0.160. The Morgan fingerprint density at radius 1 is 1.19 bits per heavy atom. The zero-order chi connectivity index (χ0) is 15.1. The van der Waals surface area contributed by atoms with E-state index in [4.69, 9.17) is 5.26 Å². The second kappa shape index (κ2) is 7.08. The third-order valence-electron chi connectivity index (χ3n) is 2.90. The third-order valence-corrected chi connectivity index (χ3v) is 2.90. The molecule has 5 heteroatoms. The normalized spacial score (nSPS) is 11.4. The minimum atomic E-state index is -0.725. The van der Waals surface area contributed by atoms with Crippen molar-refractivity contribution in [1.29, 1.82) is 5.26 Å². The van der Waals surface area contributed by atoms with Gasteiger partial charge in [-0.15, -0.1) is 0 Å². The molecule has 0 aliphatic heterocycles. The maximum Gasteiger partial charge on any atom is 0.238 e. The van der Waals surface area contributed by atoms with Gasteiger partial charge >= 0.3 is 0 Å². The van der Waals surface area contributed by atoms with E-state index in [1.807, 2.05) is 36.4 Å². The highest BCUT2D eigenvalue weighted by atomic mass is 16.3. The topological polar surface area (TPSA) is 85.2 Å². The van der Waals surface area contributed by atoms with E-state index in [0.717, 1.165) is 5.56 Å². The van der Waals surface area contributed by atoms with E-state index in [-0.39, 0.29) is 18.1 Å². The summed E-state index contributed by atoms with van der Waals surface area (Å²) in [4.78, 5) is 11.8. The molecule has 0 bridgehead atoms. The van der Waals surface area contributed by atoms with Gasteiger partial charge in [-0.1, -0.05) is 42.5 Å². The first-order valence-corrected chi connectivity index (χ1v) is 6.46. The lowest BCUT2D eigenvalue weighted by Gasteiger charge is -2.13. The molecule has 5 nitrogen and oxygen atoms in total. The second-order valence-corrected chi connectivity index (χ2v) is 4.51. The molecule has 21 heavy (non-hydrogen) atoms. The van der Waals surface area contributed by atoms with Crippen LogP contribution in [0.3, 0.4) is 0 Å². The van der Waals surface area contributed by atoms with Crippen LogP contribution in [0, 0.1) is 11.3 Å². The van der Waals surface area contributed by atoms with Gasteiger partial charge in [-0.2, -0.15) is 5.26 Å². The number of aromatic hydroxyl groups is 1. The molecular weight excluding hydrogens is 266 g/mol. The molecule has 1 unspecified atom stereocenters. The van der Waals surface area contributed by atoms with Crippen LogP contribution < -0.4 is 10.9 Å². The van der Waals surface area contributed by atoms with Gasteiger partial charge in [0.1, 0.15) is 11.8 Å². The van der Waals surface area contributed by atoms with Gasteiger partial charge in [-0.05, 0) is 23.3 Å². The van der Waals surface area contributed by atoms with Gasteiger partial charge in [0.15, 0.2) is 0 Å². The van der Waals surface area contributed by atoms with Crippen molar-refractivity contribution in [2.75, 3.05) is 0 Å². The van der Waals surface area contributed by atoms with Crippen LogP contribution >= 0.6 is 0 Å². The Morgan fingerprint density at radius 3 is 2.62 bits per heavy atom. The van der Waals surface area contributed by atoms with E-state index < -0.39 is 6.04 Å². The number of nitrogens with zero attached hydrogens (tertiary/aromatic N) is 1. The summed E-state index contributed by atoms with van der Waals surface area (Å²) in [5.41, 5.74) is 6.64. The van der Waals surface area contributed by atoms with Crippen molar-refractivity contribution >= 4 is 5.91 Å². The third kappa shape index (κ3) is 4.34. The van der Waals surface area contributed by atoms with Crippen molar-refractivity contribution in [1.82, 2.24) is 10.9 Å². The van der Waals surface area contributed by atoms with Crippen LogP contribution in [0.2, 0.25) is 0 Å². The van der Waals surface area contributed by atoms with Crippen LogP contribution in [0.5, 0.6) is 5.75 Å². The summed E-state index contributed by atoms with van der Waals surface area (Å²) in [6.45, 7) is 0. The Balaban J connectivity index is 1.92. The van der Waals surface area contributed by atoms with E-state index in [9.17, 15) is 9.90 Å². The molecule has 3 N–H and O–H groups in total. The van der Waals surface area contributed by atoms with Crippen LogP contribution in [-0.4, -0.2) is 11.0 Å². The van der Waals surface area contributed by atoms with Crippen molar-refractivity contribution in [2.45, 2.75) is 12.5 Å². The van der Waals surface area contributed by atoms with Crippen LogP contribution in [0.4, 0.5) is 0 Å². The molecule has 2 aromatic rings. The minimum absolute atomic E-state index is 0.0742. The summed E-state index contributed by atoms with van der Waals surface area (Å²) in [6, 6.07) is 17.0. The number of phenols is 1. The molecule has 2 rings (SSSR count). The highest BCUT2D eigenvalue weighted by Crippen LogP contribution is 2.17. The molecule has 0 aromatic heterocycles. The van der Waals surface area contributed by atoms with Crippen molar-refractivity contribution in [3.8, 4) is 11.8 Å². The van der Waals surface area contributed by atoms with Gasteiger partial charge in [-0.25, -0.2) is 5.43 Å². The predicted molar refractivity (Wildman–Crippen MR) is 77.9 cm³/mol. The summed E-state index contributed by atoms with van der Waals surface area (Å²) in [5, 5.41) is 18.5. The van der Waals surface area contributed by atoms with Crippen LogP contribution in [0.25, 0.3) is 0 Å². The number of nitriles is 1. The Labute approximate surface area is 122 Å². The number of carbonyl (C=O) groups excluding carboxylic acids is 1. The number of hydrazine groups is 1. The predicted octanol–water partition coefficient (Wildman–Crippen LogP) is 1.82. The summed E-state index contributed by atoms with van der Waals surface area (Å²) < 4.78 is 0. The van der Waals surface area contributed by atoms with Gasteiger partial charge in [-0.3, -0.25) is 10.2 Å². The van der Waals surface area contributed by atoms with E-state index in [1.165, 1.54) is 12.1 Å². The molecule has 1 amide bonds. The van der Waals surface area contributed by atoms with Crippen LogP contribution in [-0.2, 0) is 11.2 Å². The molecule has 106 valence electrons. The fourth-order valence-electron chi connectivity index (χ4n) is 1.87. The van der Waals surface area contributed by atoms with Gasteiger partial charge in [0.05, 0.1) is 12.5 Å². The molecule has 0 heterocycles. The number of hydrogen-bond acceptors (Lipinski definition) is 4. The van der Waals surface area contributed by atoms with Crippen LogP contribution in [0.1, 0.15) is 17.2 Å². The maximum absolute atomic E-state index is 11.8. The molecule has 0 saturated heterocycles. The fourth-order valence-corrected chi connectivity index (χ4v) is 1.87. The number of benzene rings is 2. The summed E-state index contributed by atoms with van der Waals surface area (Å²) in [6.07, 6.45) is 0.228. The smallest absolute Gasteiger partial charge is 0.238 e. The Bertz CT molecular complexity index is 650. The molecule has 0 aliphatic rings. The summed E-state index contributed by atoms with van der Waals surface area (Å²) >= 11 is 0. The molecule has 2 aromatic carbocycles. The number of phenolic OH excluding ortho intramolecular Hbond substituents is 1.